The second kappa shape index (κ2) is 6.28. The van der Waals surface area contributed by atoms with Gasteiger partial charge >= 0.3 is 6.18 Å². The highest BCUT2D eigenvalue weighted by molar-refractivity contribution is 9.11. The van der Waals surface area contributed by atoms with Crippen molar-refractivity contribution in [1.29, 1.82) is 0 Å². The van der Waals surface area contributed by atoms with Crippen LogP contribution in [-0.4, -0.2) is 0 Å². The van der Waals surface area contributed by atoms with E-state index in [0.717, 1.165) is 14.7 Å². The van der Waals surface area contributed by atoms with Crippen molar-refractivity contribution in [3.05, 3.63) is 56.2 Å². The van der Waals surface area contributed by atoms with Crippen LogP contribution in [0.3, 0.4) is 0 Å². The van der Waals surface area contributed by atoms with Gasteiger partial charge in [-0.3, -0.25) is 0 Å². The molecule has 6 heteroatoms. The molecule has 1 atom stereocenters. The summed E-state index contributed by atoms with van der Waals surface area (Å²) in [6, 6.07) is 9.55. The lowest BCUT2D eigenvalue weighted by Gasteiger charge is -2.16. The zero-order chi connectivity index (χ0) is 14.8. The van der Waals surface area contributed by atoms with E-state index in [0.29, 0.717) is 0 Å². The first-order valence-electron chi connectivity index (χ1n) is 6.01. The Bertz CT molecular complexity index is 580. The molecule has 2 aromatic rings. The Hall–Kier alpha value is -0.850. The SMILES string of the molecule is CC(NCc1ccccc1C(F)(F)F)c1ccc(Br)s1. The lowest BCUT2D eigenvalue weighted by atomic mass is 10.1. The van der Waals surface area contributed by atoms with Crippen molar-refractivity contribution >= 4 is 27.3 Å². The van der Waals surface area contributed by atoms with E-state index in [9.17, 15) is 13.2 Å². The van der Waals surface area contributed by atoms with E-state index in [4.69, 9.17) is 0 Å². The molecule has 1 unspecified atom stereocenters. The van der Waals surface area contributed by atoms with Crippen molar-refractivity contribution in [3.8, 4) is 0 Å². The number of thiophene rings is 1. The molecule has 0 aliphatic heterocycles. The van der Waals surface area contributed by atoms with E-state index in [2.05, 4.69) is 21.2 Å². The zero-order valence-corrected chi connectivity index (χ0v) is 13.1. The van der Waals surface area contributed by atoms with Crippen LogP contribution < -0.4 is 5.32 Å². The maximum Gasteiger partial charge on any atom is 0.416 e. The maximum atomic E-state index is 12.9. The average molecular weight is 364 g/mol. The standard InChI is InChI=1S/C14H13BrF3NS/c1-9(12-6-7-13(15)20-12)19-8-10-4-2-3-5-11(10)14(16,17)18/h2-7,9,19H,8H2,1H3. The normalized spacial score (nSPS) is 13.4. The van der Waals surface area contributed by atoms with Crippen molar-refractivity contribution in [2.45, 2.75) is 25.7 Å². The van der Waals surface area contributed by atoms with E-state index >= 15 is 0 Å². The Morgan fingerprint density at radius 1 is 1.20 bits per heavy atom. The van der Waals surface area contributed by atoms with Crippen LogP contribution in [0.4, 0.5) is 13.2 Å². The fraction of sp³-hybridized carbons (Fsp3) is 0.286. The third-order valence-electron chi connectivity index (χ3n) is 2.94. The van der Waals surface area contributed by atoms with Crippen molar-refractivity contribution < 1.29 is 13.2 Å². The summed E-state index contributed by atoms with van der Waals surface area (Å²) in [6.07, 6.45) is -4.31. The average Bonchev–Trinajstić information content (AvgIpc) is 2.82. The van der Waals surface area contributed by atoms with Gasteiger partial charge in [-0.05, 0) is 46.6 Å². The van der Waals surface area contributed by atoms with E-state index in [-0.39, 0.29) is 18.2 Å². The van der Waals surface area contributed by atoms with Gasteiger partial charge in [0.05, 0.1) is 9.35 Å². The molecule has 1 N–H and O–H groups in total. The number of alkyl halides is 3. The molecule has 0 amide bonds. The van der Waals surface area contributed by atoms with Gasteiger partial charge in [0.15, 0.2) is 0 Å². The molecular weight excluding hydrogens is 351 g/mol. The van der Waals surface area contributed by atoms with Gasteiger partial charge < -0.3 is 5.32 Å². The van der Waals surface area contributed by atoms with Crippen LogP contribution in [0.2, 0.25) is 0 Å². The Morgan fingerprint density at radius 2 is 1.90 bits per heavy atom. The van der Waals surface area contributed by atoms with E-state index in [1.807, 2.05) is 19.1 Å². The minimum absolute atomic E-state index is 0.00703. The second-order valence-corrected chi connectivity index (χ2v) is 6.89. The highest BCUT2D eigenvalue weighted by atomic mass is 79.9. The summed E-state index contributed by atoms with van der Waals surface area (Å²) in [7, 11) is 0. The Labute approximate surface area is 128 Å². The van der Waals surface area contributed by atoms with Crippen molar-refractivity contribution in [1.82, 2.24) is 5.32 Å². The van der Waals surface area contributed by atoms with Gasteiger partial charge in [0.25, 0.3) is 0 Å². The van der Waals surface area contributed by atoms with Gasteiger partial charge in [0.1, 0.15) is 0 Å². The molecule has 0 aliphatic rings. The van der Waals surface area contributed by atoms with Crippen LogP contribution in [0, 0.1) is 0 Å². The van der Waals surface area contributed by atoms with Gasteiger partial charge in [-0.15, -0.1) is 11.3 Å². The first-order chi connectivity index (χ1) is 9.38. The monoisotopic (exact) mass is 363 g/mol. The fourth-order valence-corrected chi connectivity index (χ4v) is 3.33. The summed E-state index contributed by atoms with van der Waals surface area (Å²) in [6.45, 7) is 2.13. The molecule has 1 aromatic carbocycles. The number of halogens is 4. The molecule has 0 aliphatic carbocycles. The molecule has 0 saturated heterocycles. The lowest BCUT2D eigenvalue weighted by molar-refractivity contribution is -0.138. The minimum Gasteiger partial charge on any atom is -0.305 e. The first kappa shape index (κ1) is 15.5. The van der Waals surface area contributed by atoms with Crippen LogP contribution in [0.5, 0.6) is 0 Å². The lowest BCUT2D eigenvalue weighted by Crippen LogP contribution is -2.20. The van der Waals surface area contributed by atoms with Crippen molar-refractivity contribution in [2.75, 3.05) is 0 Å². The van der Waals surface area contributed by atoms with Gasteiger partial charge in [-0.25, -0.2) is 0 Å². The van der Waals surface area contributed by atoms with Gasteiger partial charge in [-0.1, -0.05) is 18.2 Å². The number of rotatable bonds is 4. The van der Waals surface area contributed by atoms with Crippen LogP contribution in [0.15, 0.2) is 40.2 Å². The van der Waals surface area contributed by atoms with Gasteiger partial charge in [0, 0.05) is 17.5 Å². The number of benzene rings is 1. The fourth-order valence-electron chi connectivity index (χ4n) is 1.88. The molecule has 108 valence electrons. The maximum absolute atomic E-state index is 12.9. The summed E-state index contributed by atoms with van der Waals surface area (Å²) >= 11 is 4.95. The van der Waals surface area contributed by atoms with E-state index in [1.165, 1.54) is 12.1 Å². The van der Waals surface area contributed by atoms with Crippen LogP contribution in [-0.2, 0) is 12.7 Å². The number of hydrogen-bond donors (Lipinski definition) is 1. The number of hydrogen-bond acceptors (Lipinski definition) is 2. The third-order valence-corrected chi connectivity index (χ3v) is 4.75. The number of nitrogens with one attached hydrogen (secondary N) is 1. The van der Waals surface area contributed by atoms with Crippen LogP contribution >= 0.6 is 27.3 Å². The van der Waals surface area contributed by atoms with Crippen molar-refractivity contribution in [2.24, 2.45) is 0 Å². The molecular formula is C14H13BrF3NS. The topological polar surface area (TPSA) is 12.0 Å². The van der Waals surface area contributed by atoms with E-state index < -0.39 is 11.7 Å². The molecule has 20 heavy (non-hydrogen) atoms. The summed E-state index contributed by atoms with van der Waals surface area (Å²) in [4.78, 5) is 1.08. The van der Waals surface area contributed by atoms with Gasteiger partial charge in [-0.2, -0.15) is 13.2 Å². The zero-order valence-electron chi connectivity index (χ0n) is 10.7. The van der Waals surface area contributed by atoms with E-state index in [1.54, 1.807) is 17.4 Å². The molecule has 1 nitrogen and oxygen atoms in total. The minimum atomic E-state index is -4.31. The largest absolute Gasteiger partial charge is 0.416 e. The van der Waals surface area contributed by atoms with Crippen LogP contribution in [0.25, 0.3) is 0 Å². The van der Waals surface area contributed by atoms with Crippen molar-refractivity contribution in [3.63, 3.8) is 0 Å². The molecule has 0 saturated carbocycles. The quantitative estimate of drug-likeness (QED) is 0.768. The molecule has 1 aromatic heterocycles. The third kappa shape index (κ3) is 3.84. The molecule has 0 bridgehead atoms. The molecule has 1 heterocycles. The Balaban J connectivity index is 2.08. The second-order valence-electron chi connectivity index (χ2n) is 4.40. The van der Waals surface area contributed by atoms with Crippen LogP contribution in [0.1, 0.15) is 29.0 Å². The smallest absolute Gasteiger partial charge is 0.305 e. The highest BCUT2D eigenvalue weighted by Gasteiger charge is 2.32. The first-order valence-corrected chi connectivity index (χ1v) is 7.62. The highest BCUT2D eigenvalue weighted by Crippen LogP contribution is 2.32. The molecule has 0 radical (unpaired) electrons. The molecule has 0 spiro atoms. The summed E-state index contributed by atoms with van der Waals surface area (Å²) in [5, 5.41) is 3.13. The Kier molecular flexibility index (Phi) is 4.88. The summed E-state index contributed by atoms with van der Waals surface area (Å²) in [5.74, 6) is 0. The predicted octanol–water partition coefficient (Wildman–Crippen LogP) is 5.38. The Morgan fingerprint density at radius 3 is 2.50 bits per heavy atom. The molecule has 2 rings (SSSR count). The van der Waals surface area contributed by atoms with Gasteiger partial charge in [0.2, 0.25) is 0 Å². The molecule has 0 fully saturated rings. The summed E-state index contributed by atoms with van der Waals surface area (Å²) in [5.41, 5.74) is -0.311. The summed E-state index contributed by atoms with van der Waals surface area (Å²) < 4.78 is 39.6. The predicted molar refractivity (Wildman–Crippen MR) is 78.7 cm³/mol.